The second-order valence-corrected chi connectivity index (χ2v) is 5.01. The fourth-order valence-corrected chi connectivity index (χ4v) is 2.49. The van der Waals surface area contributed by atoms with Crippen LogP contribution in [0.1, 0.15) is 42.5 Å². The van der Waals surface area contributed by atoms with Crippen LogP contribution in [0, 0.1) is 12.3 Å². The van der Waals surface area contributed by atoms with Crippen molar-refractivity contribution in [1.29, 1.82) is 0 Å². The van der Waals surface area contributed by atoms with Crippen LogP contribution < -0.4 is 0 Å². The molecule has 0 aromatic carbocycles. The molecule has 0 spiro atoms. The summed E-state index contributed by atoms with van der Waals surface area (Å²) in [6.45, 7) is 4.33. The molecule has 0 N–H and O–H groups in total. The summed E-state index contributed by atoms with van der Waals surface area (Å²) in [6.07, 6.45) is 9.76. The Morgan fingerprint density at radius 2 is 2.31 bits per heavy atom. The smallest absolute Gasteiger partial charge is 0.0953 e. The second-order valence-electron chi connectivity index (χ2n) is 3.94. The van der Waals surface area contributed by atoms with Gasteiger partial charge in [-0.1, -0.05) is 19.8 Å². The molecule has 0 unspecified atom stereocenters. The van der Waals surface area contributed by atoms with E-state index in [0.717, 1.165) is 12.8 Å². The van der Waals surface area contributed by atoms with Gasteiger partial charge in [-0.2, -0.15) is 0 Å². The second kappa shape index (κ2) is 2.85. The van der Waals surface area contributed by atoms with Gasteiger partial charge in [0.15, 0.2) is 0 Å². The normalized spacial score (nSPS) is 18.6. The van der Waals surface area contributed by atoms with Crippen molar-refractivity contribution in [2.45, 2.75) is 38.0 Å². The average molecular weight is 191 g/mol. The molecule has 0 atom stereocenters. The van der Waals surface area contributed by atoms with Crippen molar-refractivity contribution >= 4 is 11.3 Å². The zero-order valence-electron chi connectivity index (χ0n) is 8.00. The summed E-state index contributed by atoms with van der Waals surface area (Å²) >= 11 is 1.78. The molecule has 1 aliphatic rings. The van der Waals surface area contributed by atoms with Crippen molar-refractivity contribution in [3.8, 4) is 12.3 Å². The number of rotatable bonds is 2. The van der Waals surface area contributed by atoms with Gasteiger partial charge in [-0.25, -0.2) is 4.98 Å². The number of nitrogens with zero attached hydrogens (tertiary/aromatic N) is 1. The molecule has 1 fully saturated rings. The topological polar surface area (TPSA) is 12.9 Å². The number of thiazole rings is 1. The van der Waals surface area contributed by atoms with Crippen LogP contribution in [0.15, 0.2) is 6.20 Å². The van der Waals surface area contributed by atoms with Gasteiger partial charge in [0.1, 0.15) is 0 Å². The van der Waals surface area contributed by atoms with Crippen LogP contribution in [0.4, 0.5) is 0 Å². The summed E-state index contributed by atoms with van der Waals surface area (Å²) in [6, 6.07) is 0. The van der Waals surface area contributed by atoms with Crippen LogP contribution in [0.25, 0.3) is 0 Å². The molecule has 13 heavy (non-hydrogen) atoms. The maximum Gasteiger partial charge on any atom is 0.0953 e. The lowest BCUT2D eigenvalue weighted by atomic mass is 10.1. The highest BCUT2D eigenvalue weighted by Gasteiger charge is 2.44. The van der Waals surface area contributed by atoms with Crippen LogP contribution in [-0.4, -0.2) is 4.98 Å². The standard InChI is InChI=1S/C11H13NS/c1-4-11(5-6-11)9-7-12-10(13-9)8(2)3/h1,7-8H,5-6H2,2-3H3. The molecular formula is C11H13NS. The van der Waals surface area contributed by atoms with Crippen molar-refractivity contribution in [3.63, 3.8) is 0 Å². The van der Waals surface area contributed by atoms with Gasteiger partial charge in [0.05, 0.1) is 10.4 Å². The Morgan fingerprint density at radius 1 is 1.62 bits per heavy atom. The third kappa shape index (κ3) is 1.38. The first-order chi connectivity index (χ1) is 6.18. The Kier molecular flexibility index (Phi) is 1.92. The molecule has 1 aromatic rings. The van der Waals surface area contributed by atoms with E-state index in [1.807, 2.05) is 6.20 Å². The zero-order chi connectivity index (χ0) is 9.47. The van der Waals surface area contributed by atoms with Crippen LogP contribution in [0.2, 0.25) is 0 Å². The van der Waals surface area contributed by atoms with E-state index in [2.05, 4.69) is 24.8 Å². The summed E-state index contributed by atoms with van der Waals surface area (Å²) in [7, 11) is 0. The Morgan fingerprint density at radius 3 is 2.69 bits per heavy atom. The highest BCUT2D eigenvalue weighted by molar-refractivity contribution is 7.11. The number of hydrogen-bond donors (Lipinski definition) is 0. The zero-order valence-corrected chi connectivity index (χ0v) is 8.82. The molecule has 1 heterocycles. The van der Waals surface area contributed by atoms with E-state index in [4.69, 9.17) is 6.42 Å². The lowest BCUT2D eigenvalue weighted by Gasteiger charge is -2.01. The van der Waals surface area contributed by atoms with E-state index in [9.17, 15) is 0 Å². The maximum absolute atomic E-state index is 5.52. The molecule has 0 radical (unpaired) electrons. The Balaban J connectivity index is 2.29. The average Bonchev–Trinajstić information content (AvgIpc) is 2.75. The molecule has 2 heteroatoms. The minimum absolute atomic E-state index is 0.0742. The summed E-state index contributed by atoms with van der Waals surface area (Å²) in [5.41, 5.74) is 0.0742. The fourth-order valence-electron chi connectivity index (χ4n) is 1.36. The van der Waals surface area contributed by atoms with E-state index < -0.39 is 0 Å². The lowest BCUT2D eigenvalue weighted by Crippen LogP contribution is -1.97. The molecule has 1 nitrogen and oxygen atoms in total. The minimum Gasteiger partial charge on any atom is -0.249 e. The number of hydrogen-bond acceptors (Lipinski definition) is 2. The van der Waals surface area contributed by atoms with Crippen LogP contribution in [-0.2, 0) is 5.41 Å². The Bertz CT molecular complexity index is 352. The van der Waals surface area contributed by atoms with Gasteiger partial charge in [0.25, 0.3) is 0 Å². The monoisotopic (exact) mass is 191 g/mol. The molecule has 0 bridgehead atoms. The van der Waals surface area contributed by atoms with Gasteiger partial charge in [-0.15, -0.1) is 17.8 Å². The molecule has 0 saturated heterocycles. The van der Waals surface area contributed by atoms with E-state index in [1.54, 1.807) is 11.3 Å². The Labute approximate surface area is 83.2 Å². The van der Waals surface area contributed by atoms with E-state index >= 15 is 0 Å². The molecular weight excluding hydrogens is 178 g/mol. The van der Waals surface area contributed by atoms with Crippen LogP contribution >= 0.6 is 11.3 Å². The highest BCUT2D eigenvalue weighted by Crippen LogP contribution is 2.49. The molecule has 1 aromatic heterocycles. The van der Waals surface area contributed by atoms with Crippen molar-refractivity contribution in [3.05, 3.63) is 16.1 Å². The van der Waals surface area contributed by atoms with Crippen molar-refractivity contribution in [2.75, 3.05) is 0 Å². The first-order valence-electron chi connectivity index (χ1n) is 4.62. The maximum atomic E-state index is 5.52. The first kappa shape index (κ1) is 8.77. The van der Waals surface area contributed by atoms with Gasteiger partial charge in [0.2, 0.25) is 0 Å². The van der Waals surface area contributed by atoms with E-state index in [0.29, 0.717) is 5.92 Å². The van der Waals surface area contributed by atoms with Crippen LogP contribution in [0.5, 0.6) is 0 Å². The molecule has 68 valence electrons. The van der Waals surface area contributed by atoms with Crippen molar-refractivity contribution in [1.82, 2.24) is 4.98 Å². The summed E-state index contributed by atoms with van der Waals surface area (Å²) < 4.78 is 0. The van der Waals surface area contributed by atoms with E-state index in [1.165, 1.54) is 9.88 Å². The summed E-state index contributed by atoms with van der Waals surface area (Å²) in [5.74, 6) is 3.41. The minimum atomic E-state index is 0.0742. The van der Waals surface area contributed by atoms with Gasteiger partial charge in [-0.05, 0) is 12.8 Å². The predicted octanol–water partition coefficient (Wildman–Crippen LogP) is 2.93. The molecule has 0 aliphatic heterocycles. The fraction of sp³-hybridized carbons (Fsp3) is 0.545. The third-order valence-electron chi connectivity index (χ3n) is 2.52. The summed E-state index contributed by atoms with van der Waals surface area (Å²) in [5, 5.41) is 1.21. The first-order valence-corrected chi connectivity index (χ1v) is 5.43. The highest BCUT2D eigenvalue weighted by atomic mass is 32.1. The predicted molar refractivity (Wildman–Crippen MR) is 55.9 cm³/mol. The third-order valence-corrected chi connectivity index (χ3v) is 4.02. The quantitative estimate of drug-likeness (QED) is 0.655. The summed E-state index contributed by atoms with van der Waals surface area (Å²) in [4.78, 5) is 5.68. The van der Waals surface area contributed by atoms with Gasteiger partial charge >= 0.3 is 0 Å². The van der Waals surface area contributed by atoms with Crippen molar-refractivity contribution in [2.24, 2.45) is 0 Å². The lowest BCUT2D eigenvalue weighted by molar-refractivity contribution is 0.851. The number of aromatic nitrogens is 1. The van der Waals surface area contributed by atoms with E-state index in [-0.39, 0.29) is 5.41 Å². The Hall–Kier alpha value is -0.810. The van der Waals surface area contributed by atoms with Crippen molar-refractivity contribution < 1.29 is 0 Å². The molecule has 1 aliphatic carbocycles. The van der Waals surface area contributed by atoms with Crippen LogP contribution in [0.3, 0.4) is 0 Å². The molecule has 0 amide bonds. The molecule has 1 saturated carbocycles. The number of terminal acetylenes is 1. The van der Waals surface area contributed by atoms with Gasteiger partial charge < -0.3 is 0 Å². The molecule has 2 rings (SSSR count). The SMILES string of the molecule is C#CC1(c2cnc(C(C)C)s2)CC1. The van der Waals surface area contributed by atoms with Gasteiger partial charge in [-0.3, -0.25) is 0 Å². The van der Waals surface area contributed by atoms with Gasteiger partial charge in [0, 0.05) is 17.0 Å². The largest absolute Gasteiger partial charge is 0.249 e.